The number of nitrogens with one attached hydrogen (secondary N) is 1. The molecule has 10 heteroatoms. The molecule has 1 aliphatic carbocycles. The number of carbonyl (C=O) groups excluding carboxylic acids is 2. The first-order valence-corrected chi connectivity index (χ1v) is 16.4. The monoisotopic (exact) mass is 611 g/mol. The van der Waals surface area contributed by atoms with Crippen molar-refractivity contribution in [2.75, 3.05) is 24.2 Å². The number of benzene rings is 3. The Morgan fingerprint density at radius 1 is 0.952 bits per heavy atom. The normalized spacial score (nSPS) is 14.5. The van der Waals surface area contributed by atoms with Crippen molar-refractivity contribution in [2.45, 2.75) is 57.2 Å². The summed E-state index contributed by atoms with van der Waals surface area (Å²) in [6.45, 7) is -0.417. The summed E-state index contributed by atoms with van der Waals surface area (Å²) in [5.74, 6) is -0.311. The van der Waals surface area contributed by atoms with E-state index in [1.54, 1.807) is 42.5 Å². The topological polar surface area (TPSA) is 96.0 Å². The van der Waals surface area contributed by atoms with Gasteiger partial charge in [0, 0.05) is 30.1 Å². The maximum Gasteiger partial charge on any atom is 0.244 e. The summed E-state index contributed by atoms with van der Waals surface area (Å²) in [6, 6.07) is 22.3. The van der Waals surface area contributed by atoms with Crippen molar-refractivity contribution in [3.63, 3.8) is 0 Å². The minimum Gasteiger partial charge on any atom is -0.497 e. The molecule has 8 nitrogen and oxygen atoms in total. The smallest absolute Gasteiger partial charge is 0.244 e. The average Bonchev–Trinajstić information content (AvgIpc) is 2.98. The van der Waals surface area contributed by atoms with Gasteiger partial charge in [-0.15, -0.1) is 0 Å². The molecule has 0 aliphatic heterocycles. The van der Waals surface area contributed by atoms with Crippen LogP contribution in [0.15, 0.2) is 78.9 Å². The van der Waals surface area contributed by atoms with Crippen molar-refractivity contribution in [3.8, 4) is 5.75 Å². The predicted octanol–water partition coefficient (Wildman–Crippen LogP) is 5.20. The molecule has 1 atom stereocenters. The average molecular weight is 612 g/mol. The Kier molecular flexibility index (Phi) is 10.9. The minimum atomic E-state index is -3.87. The second-order valence-corrected chi connectivity index (χ2v) is 13.0. The lowest BCUT2D eigenvalue weighted by molar-refractivity contribution is -0.140. The van der Waals surface area contributed by atoms with E-state index in [0.29, 0.717) is 16.5 Å². The van der Waals surface area contributed by atoms with Crippen LogP contribution in [0, 0.1) is 0 Å². The Hall–Kier alpha value is -3.56. The first kappa shape index (κ1) is 31.4. The Balaban J connectivity index is 1.72. The van der Waals surface area contributed by atoms with Gasteiger partial charge in [0.2, 0.25) is 21.8 Å². The van der Waals surface area contributed by atoms with Crippen molar-refractivity contribution in [2.24, 2.45) is 0 Å². The first-order valence-electron chi connectivity index (χ1n) is 14.1. The lowest BCUT2D eigenvalue weighted by Gasteiger charge is -2.35. The highest BCUT2D eigenvalue weighted by atomic mass is 35.5. The fourth-order valence-electron chi connectivity index (χ4n) is 5.31. The van der Waals surface area contributed by atoms with Crippen LogP contribution in [0.25, 0.3) is 0 Å². The second kappa shape index (κ2) is 14.6. The van der Waals surface area contributed by atoms with E-state index < -0.39 is 28.5 Å². The largest absolute Gasteiger partial charge is 0.497 e. The Labute approximate surface area is 253 Å². The van der Waals surface area contributed by atoms with Gasteiger partial charge >= 0.3 is 0 Å². The van der Waals surface area contributed by atoms with Gasteiger partial charge in [-0.25, -0.2) is 8.42 Å². The van der Waals surface area contributed by atoms with Gasteiger partial charge in [-0.05, 0) is 48.2 Å². The van der Waals surface area contributed by atoms with Crippen LogP contribution in [0.2, 0.25) is 5.02 Å². The fourth-order valence-corrected chi connectivity index (χ4v) is 6.36. The Morgan fingerprint density at radius 2 is 1.64 bits per heavy atom. The zero-order chi connectivity index (χ0) is 30.1. The molecule has 2 amide bonds. The number of nitrogens with zero attached hydrogens (tertiary/aromatic N) is 2. The van der Waals surface area contributed by atoms with Crippen LogP contribution >= 0.6 is 11.6 Å². The van der Waals surface area contributed by atoms with Crippen LogP contribution in [0.5, 0.6) is 5.75 Å². The molecule has 0 saturated heterocycles. The highest BCUT2D eigenvalue weighted by Gasteiger charge is 2.34. The molecule has 1 aliphatic rings. The summed E-state index contributed by atoms with van der Waals surface area (Å²) in [5.41, 5.74) is 1.91. The zero-order valence-electron chi connectivity index (χ0n) is 24.0. The molecule has 0 heterocycles. The zero-order valence-corrected chi connectivity index (χ0v) is 25.6. The lowest BCUT2D eigenvalue weighted by atomic mass is 9.94. The second-order valence-electron chi connectivity index (χ2n) is 10.7. The minimum absolute atomic E-state index is 0.0388. The lowest BCUT2D eigenvalue weighted by Crippen LogP contribution is -2.55. The van der Waals surface area contributed by atoms with E-state index in [4.69, 9.17) is 16.3 Å². The molecule has 0 aromatic heterocycles. The summed E-state index contributed by atoms with van der Waals surface area (Å²) in [6.07, 6.45) is 6.34. The number of amides is 2. The van der Waals surface area contributed by atoms with Gasteiger partial charge < -0.3 is 15.0 Å². The van der Waals surface area contributed by atoms with Crippen LogP contribution in [0.3, 0.4) is 0 Å². The van der Waals surface area contributed by atoms with E-state index in [-0.39, 0.29) is 24.9 Å². The molecule has 1 N–H and O–H groups in total. The number of methoxy groups -OCH3 is 1. The van der Waals surface area contributed by atoms with E-state index in [2.05, 4.69) is 5.32 Å². The quantitative estimate of drug-likeness (QED) is 0.304. The van der Waals surface area contributed by atoms with E-state index in [1.807, 2.05) is 36.4 Å². The molecule has 4 rings (SSSR count). The van der Waals surface area contributed by atoms with E-state index in [1.165, 1.54) is 12.0 Å². The number of sulfonamides is 1. The molecular weight excluding hydrogens is 574 g/mol. The summed E-state index contributed by atoms with van der Waals surface area (Å²) in [7, 11) is -2.38. The molecule has 1 fully saturated rings. The van der Waals surface area contributed by atoms with Gasteiger partial charge in [0.05, 0.1) is 19.1 Å². The third kappa shape index (κ3) is 8.72. The summed E-state index contributed by atoms with van der Waals surface area (Å²) < 4.78 is 32.3. The van der Waals surface area contributed by atoms with Crippen LogP contribution < -0.4 is 14.4 Å². The van der Waals surface area contributed by atoms with Crippen molar-refractivity contribution in [3.05, 3.63) is 95.0 Å². The molecule has 0 spiro atoms. The summed E-state index contributed by atoms with van der Waals surface area (Å²) in [5, 5.41) is 3.70. The van der Waals surface area contributed by atoms with Crippen LogP contribution in [-0.2, 0) is 32.6 Å². The van der Waals surface area contributed by atoms with Gasteiger partial charge in [0.1, 0.15) is 18.3 Å². The molecular formula is C32H38ClN3O5S. The van der Waals surface area contributed by atoms with Crippen LogP contribution in [-0.4, -0.2) is 57.1 Å². The van der Waals surface area contributed by atoms with Gasteiger partial charge in [-0.2, -0.15) is 0 Å². The molecule has 224 valence electrons. The number of hydrogen-bond donors (Lipinski definition) is 1. The molecule has 42 heavy (non-hydrogen) atoms. The third-order valence-electron chi connectivity index (χ3n) is 7.49. The van der Waals surface area contributed by atoms with E-state index >= 15 is 0 Å². The number of hydrogen-bond acceptors (Lipinski definition) is 5. The number of halogens is 1. The number of anilines is 1. The predicted molar refractivity (Wildman–Crippen MR) is 166 cm³/mol. The van der Waals surface area contributed by atoms with Crippen molar-refractivity contribution in [1.82, 2.24) is 10.2 Å². The SMILES string of the molecule is COc1cccc(N(CC(=O)N(Cc2cccc(Cl)c2)[C@@H](Cc2ccccc2)C(=O)NC2CCCCC2)S(C)(=O)=O)c1. The summed E-state index contributed by atoms with van der Waals surface area (Å²) in [4.78, 5) is 29.7. The number of rotatable bonds is 12. The van der Waals surface area contributed by atoms with Gasteiger partial charge in [-0.1, -0.05) is 79.4 Å². The Morgan fingerprint density at radius 3 is 2.31 bits per heavy atom. The molecule has 0 unspecified atom stereocenters. The van der Waals surface area contributed by atoms with Gasteiger partial charge in [0.25, 0.3) is 0 Å². The molecule has 3 aromatic carbocycles. The van der Waals surface area contributed by atoms with E-state index in [9.17, 15) is 18.0 Å². The third-order valence-corrected chi connectivity index (χ3v) is 8.86. The van der Waals surface area contributed by atoms with Gasteiger partial charge in [-0.3, -0.25) is 13.9 Å². The van der Waals surface area contributed by atoms with Crippen molar-refractivity contribution >= 4 is 39.1 Å². The molecule has 0 radical (unpaired) electrons. The standard InChI is InChI=1S/C32H38ClN3O5S/c1-41-29-18-10-17-28(21-29)36(42(2,39)40)23-31(37)35(22-25-13-9-14-26(33)19-25)30(20-24-11-5-3-6-12-24)32(38)34-27-15-7-4-8-16-27/h3,5-6,9-14,17-19,21,27,30H,4,7-8,15-16,20,22-23H2,1-2H3,(H,34,38)/t30-/m0/s1. The Bertz CT molecular complexity index is 1460. The van der Waals surface area contributed by atoms with Crippen molar-refractivity contribution < 1.29 is 22.7 Å². The summed E-state index contributed by atoms with van der Waals surface area (Å²) >= 11 is 6.28. The maximum absolute atomic E-state index is 14.2. The number of ether oxygens (including phenoxy) is 1. The first-order chi connectivity index (χ1) is 20.1. The molecule has 1 saturated carbocycles. The number of carbonyl (C=O) groups is 2. The molecule has 0 bridgehead atoms. The van der Waals surface area contributed by atoms with Gasteiger partial charge in [0.15, 0.2) is 0 Å². The molecule has 3 aromatic rings. The van der Waals surface area contributed by atoms with Crippen LogP contribution in [0.1, 0.15) is 43.2 Å². The van der Waals surface area contributed by atoms with Crippen LogP contribution in [0.4, 0.5) is 5.69 Å². The van der Waals surface area contributed by atoms with E-state index in [0.717, 1.165) is 53.8 Å². The highest BCUT2D eigenvalue weighted by Crippen LogP contribution is 2.25. The maximum atomic E-state index is 14.2. The highest BCUT2D eigenvalue weighted by molar-refractivity contribution is 7.92. The fraction of sp³-hybridized carbons (Fsp3) is 0.375. The van der Waals surface area contributed by atoms with Crippen molar-refractivity contribution in [1.29, 1.82) is 0 Å².